The zero-order valence-electron chi connectivity index (χ0n) is 21.2. The first-order valence-corrected chi connectivity index (χ1v) is 13.3. The number of benzene rings is 1. The molecule has 36 heavy (non-hydrogen) atoms. The Hall–Kier alpha value is -2.49. The van der Waals surface area contributed by atoms with E-state index in [0.29, 0.717) is 30.7 Å². The van der Waals surface area contributed by atoms with Gasteiger partial charge in [-0.25, -0.2) is 0 Å². The van der Waals surface area contributed by atoms with Gasteiger partial charge in [-0.1, -0.05) is 12.8 Å². The number of likely N-dealkylation sites (tertiary alicyclic amines) is 1. The Morgan fingerprint density at radius 3 is 2.56 bits per heavy atom. The minimum Gasteiger partial charge on any atom is -0.383 e. The van der Waals surface area contributed by atoms with Crippen molar-refractivity contribution in [2.75, 3.05) is 64.5 Å². The monoisotopic (exact) mass is 498 g/mol. The molecule has 1 aromatic carbocycles. The van der Waals surface area contributed by atoms with Crippen molar-refractivity contribution in [2.24, 2.45) is 11.7 Å². The SMILES string of the molecule is COCCN1CCN(c2ccc(C(N)=O)c([C@@H](C(=O)N3CC[C@H]4OCC(=O)[C@H]43)C3CCCC3)c2)CC1. The highest BCUT2D eigenvalue weighted by molar-refractivity contribution is 5.99. The number of amides is 2. The average molecular weight is 499 g/mol. The Morgan fingerprint density at radius 1 is 1.11 bits per heavy atom. The van der Waals surface area contributed by atoms with E-state index in [1.54, 1.807) is 18.1 Å². The number of carbonyl (C=O) groups excluding carboxylic acids is 3. The minimum atomic E-state index is -0.517. The molecular weight excluding hydrogens is 460 g/mol. The van der Waals surface area contributed by atoms with Crippen molar-refractivity contribution in [3.05, 3.63) is 29.3 Å². The van der Waals surface area contributed by atoms with Crippen LogP contribution in [0.4, 0.5) is 5.69 Å². The fraction of sp³-hybridized carbons (Fsp3) is 0.667. The Labute approximate surface area is 212 Å². The molecular formula is C27H38N4O5. The van der Waals surface area contributed by atoms with Crippen molar-refractivity contribution in [3.63, 3.8) is 0 Å². The average Bonchev–Trinajstić information content (AvgIpc) is 3.63. The van der Waals surface area contributed by atoms with Crippen LogP contribution in [0.2, 0.25) is 0 Å². The van der Waals surface area contributed by atoms with Gasteiger partial charge in [0, 0.05) is 57.6 Å². The molecule has 0 radical (unpaired) electrons. The molecule has 9 heteroatoms. The van der Waals surface area contributed by atoms with Crippen LogP contribution in [0.25, 0.3) is 0 Å². The molecule has 0 unspecified atom stereocenters. The van der Waals surface area contributed by atoms with Crippen LogP contribution in [0.5, 0.6) is 0 Å². The number of ether oxygens (including phenoxy) is 2. The van der Waals surface area contributed by atoms with E-state index < -0.39 is 17.9 Å². The quantitative estimate of drug-likeness (QED) is 0.578. The summed E-state index contributed by atoms with van der Waals surface area (Å²) in [7, 11) is 1.72. The van der Waals surface area contributed by atoms with E-state index in [9.17, 15) is 14.4 Å². The van der Waals surface area contributed by atoms with Crippen molar-refractivity contribution < 1.29 is 23.9 Å². The number of nitrogens with zero attached hydrogens (tertiary/aromatic N) is 3. The maximum absolute atomic E-state index is 14.2. The number of Topliss-reactive ketones (excluding diaryl/α,β-unsaturated/α-hetero) is 1. The molecule has 4 fully saturated rings. The van der Waals surface area contributed by atoms with E-state index in [1.807, 2.05) is 12.1 Å². The summed E-state index contributed by atoms with van der Waals surface area (Å²) in [6.07, 6.45) is 4.47. The lowest BCUT2D eigenvalue weighted by molar-refractivity contribution is -0.138. The fourth-order valence-electron chi connectivity index (χ4n) is 6.58. The lowest BCUT2D eigenvalue weighted by Crippen LogP contribution is -2.47. The van der Waals surface area contributed by atoms with Gasteiger partial charge in [0.2, 0.25) is 11.8 Å². The van der Waals surface area contributed by atoms with Crippen LogP contribution in [0, 0.1) is 5.92 Å². The van der Waals surface area contributed by atoms with Gasteiger partial charge in [-0.05, 0) is 48.9 Å². The lowest BCUT2D eigenvalue weighted by Gasteiger charge is -2.37. The Balaban J connectivity index is 1.45. The summed E-state index contributed by atoms with van der Waals surface area (Å²) in [6.45, 7) is 5.80. The van der Waals surface area contributed by atoms with Gasteiger partial charge in [-0.3, -0.25) is 19.3 Å². The first kappa shape index (κ1) is 25.2. The van der Waals surface area contributed by atoms with Crippen molar-refractivity contribution in [1.82, 2.24) is 9.80 Å². The molecule has 3 atom stereocenters. The second-order valence-corrected chi connectivity index (χ2v) is 10.6. The van der Waals surface area contributed by atoms with Crippen molar-refractivity contribution in [1.29, 1.82) is 0 Å². The Bertz CT molecular complexity index is 986. The number of fused-ring (bicyclic) bond motifs is 1. The predicted octanol–water partition coefficient (Wildman–Crippen LogP) is 1.40. The van der Waals surface area contributed by atoms with Crippen LogP contribution in [0.3, 0.4) is 0 Å². The highest BCUT2D eigenvalue weighted by atomic mass is 16.5. The van der Waals surface area contributed by atoms with Gasteiger partial charge in [0.1, 0.15) is 12.6 Å². The maximum atomic E-state index is 14.2. The van der Waals surface area contributed by atoms with E-state index in [1.165, 1.54) is 0 Å². The number of hydrogen-bond donors (Lipinski definition) is 1. The van der Waals surface area contributed by atoms with E-state index >= 15 is 0 Å². The number of rotatable bonds is 8. The van der Waals surface area contributed by atoms with Gasteiger partial charge >= 0.3 is 0 Å². The molecule has 0 aromatic heterocycles. The molecule has 0 bridgehead atoms. The van der Waals surface area contributed by atoms with Crippen LogP contribution in [0.1, 0.15) is 53.9 Å². The van der Waals surface area contributed by atoms with Crippen LogP contribution >= 0.6 is 0 Å². The Morgan fingerprint density at radius 2 is 1.86 bits per heavy atom. The number of nitrogens with two attached hydrogens (primary N) is 1. The van der Waals surface area contributed by atoms with Gasteiger partial charge < -0.3 is 25.0 Å². The number of primary amides is 1. The second-order valence-electron chi connectivity index (χ2n) is 10.6. The summed E-state index contributed by atoms with van der Waals surface area (Å²) in [5, 5.41) is 0. The van der Waals surface area contributed by atoms with Gasteiger partial charge in [0.25, 0.3) is 0 Å². The molecule has 1 saturated carbocycles. The summed E-state index contributed by atoms with van der Waals surface area (Å²) >= 11 is 0. The third-order valence-corrected chi connectivity index (χ3v) is 8.52. The number of hydrogen-bond acceptors (Lipinski definition) is 7. The topological polar surface area (TPSA) is 105 Å². The first-order chi connectivity index (χ1) is 17.5. The number of anilines is 1. The van der Waals surface area contributed by atoms with Crippen molar-refractivity contribution in [3.8, 4) is 0 Å². The molecule has 1 aromatic rings. The zero-order chi connectivity index (χ0) is 25.2. The van der Waals surface area contributed by atoms with E-state index in [4.69, 9.17) is 15.2 Å². The summed E-state index contributed by atoms with van der Waals surface area (Å²) in [6, 6.07) is 5.26. The molecule has 3 saturated heterocycles. The van der Waals surface area contributed by atoms with Crippen molar-refractivity contribution >= 4 is 23.3 Å². The molecule has 2 N–H and O–H groups in total. The van der Waals surface area contributed by atoms with E-state index in [2.05, 4.69) is 9.80 Å². The van der Waals surface area contributed by atoms with Gasteiger partial charge in [-0.2, -0.15) is 0 Å². The number of piperazine rings is 1. The predicted molar refractivity (Wildman–Crippen MR) is 135 cm³/mol. The second kappa shape index (κ2) is 10.9. The van der Waals surface area contributed by atoms with Crippen LogP contribution in [-0.4, -0.2) is 99.1 Å². The highest BCUT2D eigenvalue weighted by Crippen LogP contribution is 2.42. The third kappa shape index (κ3) is 4.88. The molecule has 5 rings (SSSR count). The van der Waals surface area contributed by atoms with Gasteiger partial charge in [-0.15, -0.1) is 0 Å². The molecule has 1 aliphatic carbocycles. The first-order valence-electron chi connectivity index (χ1n) is 13.3. The molecule has 4 aliphatic rings. The summed E-state index contributed by atoms with van der Waals surface area (Å²) < 4.78 is 10.9. The number of methoxy groups -OCH3 is 1. The zero-order valence-corrected chi connectivity index (χ0v) is 21.2. The summed E-state index contributed by atoms with van der Waals surface area (Å²) in [5.74, 6) is -0.946. The molecule has 2 amide bonds. The number of carbonyl (C=O) groups is 3. The van der Waals surface area contributed by atoms with Crippen LogP contribution in [-0.2, 0) is 19.1 Å². The molecule has 3 heterocycles. The number of ketones is 1. The largest absolute Gasteiger partial charge is 0.383 e. The molecule has 3 aliphatic heterocycles. The van der Waals surface area contributed by atoms with Crippen LogP contribution < -0.4 is 10.6 Å². The van der Waals surface area contributed by atoms with E-state index in [0.717, 1.165) is 64.1 Å². The fourth-order valence-corrected chi connectivity index (χ4v) is 6.58. The third-order valence-electron chi connectivity index (χ3n) is 8.52. The van der Waals surface area contributed by atoms with Crippen molar-refractivity contribution in [2.45, 2.75) is 50.2 Å². The highest BCUT2D eigenvalue weighted by Gasteiger charge is 2.49. The summed E-state index contributed by atoms with van der Waals surface area (Å²) in [5.41, 5.74) is 7.97. The standard InChI is InChI=1S/C27H38N4O5/c1-35-15-14-29-10-12-30(13-11-29)19-6-7-20(26(28)33)21(16-19)24(18-4-2-3-5-18)27(34)31-9-8-23-25(31)22(32)17-36-23/h6-7,16,18,23-25H,2-5,8-15,17H2,1H3,(H2,28,33)/t23-,24+,25-/m1/s1. The smallest absolute Gasteiger partial charge is 0.249 e. The van der Waals surface area contributed by atoms with Crippen LogP contribution in [0.15, 0.2) is 18.2 Å². The Kier molecular flexibility index (Phi) is 7.60. The van der Waals surface area contributed by atoms with E-state index in [-0.39, 0.29) is 30.3 Å². The van der Waals surface area contributed by atoms with Gasteiger partial charge in [0.15, 0.2) is 5.78 Å². The normalized spacial score (nSPS) is 26.0. The molecule has 196 valence electrons. The molecule has 9 nitrogen and oxygen atoms in total. The maximum Gasteiger partial charge on any atom is 0.249 e. The lowest BCUT2D eigenvalue weighted by atomic mass is 9.80. The summed E-state index contributed by atoms with van der Waals surface area (Å²) in [4.78, 5) is 45.7. The molecule has 0 spiro atoms. The van der Waals surface area contributed by atoms with Gasteiger partial charge in [0.05, 0.1) is 18.6 Å². The minimum absolute atomic E-state index is 0.0220.